The van der Waals surface area contributed by atoms with Crippen LogP contribution in [0.3, 0.4) is 0 Å². The first kappa shape index (κ1) is 18.9. The van der Waals surface area contributed by atoms with E-state index in [9.17, 15) is 14.7 Å². The molecule has 28 heavy (non-hydrogen) atoms. The molecule has 0 radical (unpaired) electrons. The van der Waals surface area contributed by atoms with E-state index >= 15 is 0 Å². The minimum Gasteiger partial charge on any atom is -0.382 e. The molecule has 0 aliphatic carbocycles. The van der Waals surface area contributed by atoms with E-state index < -0.39 is 17.9 Å². The summed E-state index contributed by atoms with van der Waals surface area (Å²) < 4.78 is 0. The van der Waals surface area contributed by atoms with Crippen LogP contribution in [0.4, 0.5) is 0 Å². The minimum atomic E-state index is -1.35. The normalized spacial score (nSPS) is 22.9. The third kappa shape index (κ3) is 3.26. The van der Waals surface area contributed by atoms with Gasteiger partial charge in [-0.3, -0.25) is 14.6 Å². The third-order valence-corrected chi connectivity index (χ3v) is 6.13. The Morgan fingerprint density at radius 3 is 2.68 bits per heavy atom. The smallest absolute Gasteiger partial charge is 0.251 e. The van der Waals surface area contributed by atoms with E-state index in [1.807, 2.05) is 37.1 Å². The number of carbonyl (C=O) groups is 2. The Balaban J connectivity index is 1.70. The van der Waals surface area contributed by atoms with Crippen LogP contribution in [-0.2, 0) is 16.1 Å². The van der Waals surface area contributed by atoms with Crippen LogP contribution < -0.4 is 0 Å². The number of amides is 1. The van der Waals surface area contributed by atoms with Gasteiger partial charge in [0, 0.05) is 29.7 Å². The van der Waals surface area contributed by atoms with Crippen molar-refractivity contribution in [2.45, 2.75) is 38.6 Å². The van der Waals surface area contributed by atoms with Gasteiger partial charge in [-0.2, -0.15) is 5.01 Å². The lowest BCUT2D eigenvalue weighted by atomic mass is 9.99. The van der Waals surface area contributed by atoms with E-state index in [2.05, 4.69) is 23.6 Å². The molecule has 4 rings (SSSR count). The highest BCUT2D eigenvalue weighted by atomic mass is 32.1. The monoisotopic (exact) mass is 397 g/mol. The molecule has 1 amide bonds. The highest BCUT2D eigenvalue weighted by Crippen LogP contribution is 2.31. The van der Waals surface area contributed by atoms with E-state index in [0.717, 1.165) is 11.1 Å². The van der Waals surface area contributed by atoms with Gasteiger partial charge in [0.2, 0.25) is 0 Å². The molecule has 1 N–H and O–H groups in total. The topological polar surface area (TPSA) is 64.1 Å². The van der Waals surface area contributed by atoms with Gasteiger partial charge in [-0.05, 0) is 36.4 Å². The molecule has 1 fully saturated rings. The number of aliphatic hydroxyl groups excluding tert-OH is 1. The quantitative estimate of drug-likeness (QED) is 0.859. The number of hydrazine groups is 1. The van der Waals surface area contributed by atoms with E-state index in [4.69, 9.17) is 0 Å². The Kier molecular flexibility index (Phi) is 5.05. The average molecular weight is 398 g/mol. The molecule has 2 unspecified atom stereocenters. The second-order valence-electron chi connectivity index (χ2n) is 7.33. The zero-order chi connectivity index (χ0) is 19.8. The molecule has 0 spiro atoms. The number of ketones is 1. The van der Waals surface area contributed by atoms with Gasteiger partial charge in [0.25, 0.3) is 5.91 Å². The largest absolute Gasteiger partial charge is 0.382 e. The Labute approximate surface area is 168 Å². The summed E-state index contributed by atoms with van der Waals surface area (Å²) in [5, 5.41) is 16.2. The molecule has 7 heteroatoms. The molecule has 2 aliphatic rings. The van der Waals surface area contributed by atoms with Crippen LogP contribution in [0, 0.1) is 0 Å². The van der Waals surface area contributed by atoms with E-state index in [1.165, 1.54) is 11.0 Å². The van der Waals surface area contributed by atoms with Gasteiger partial charge in [0.15, 0.2) is 11.8 Å². The SMILES string of the molecule is CC(C)N1CN(Cc2ccccc2-c2cccs2)N2C=CC(=O)C(O)C2C1=O. The molecule has 2 atom stereocenters. The van der Waals surface area contributed by atoms with Gasteiger partial charge >= 0.3 is 0 Å². The number of hydrogen-bond acceptors (Lipinski definition) is 6. The maximum Gasteiger partial charge on any atom is 0.251 e. The highest BCUT2D eigenvalue weighted by molar-refractivity contribution is 7.13. The molecular weight excluding hydrogens is 374 g/mol. The number of thiophene rings is 1. The molecule has 1 aromatic heterocycles. The Morgan fingerprint density at radius 2 is 1.96 bits per heavy atom. The lowest BCUT2D eigenvalue weighted by Crippen LogP contribution is -2.68. The maximum atomic E-state index is 12.9. The fourth-order valence-electron chi connectivity index (χ4n) is 3.72. The summed E-state index contributed by atoms with van der Waals surface area (Å²) in [6, 6.07) is 11.4. The van der Waals surface area contributed by atoms with Crippen molar-refractivity contribution in [3.63, 3.8) is 0 Å². The van der Waals surface area contributed by atoms with Crippen LogP contribution in [0.5, 0.6) is 0 Å². The van der Waals surface area contributed by atoms with Crippen LogP contribution in [0.25, 0.3) is 10.4 Å². The van der Waals surface area contributed by atoms with Crippen molar-refractivity contribution in [3.05, 3.63) is 59.6 Å². The number of fused-ring (bicyclic) bond motifs is 1. The summed E-state index contributed by atoms with van der Waals surface area (Å²) in [6.07, 6.45) is 1.61. The minimum absolute atomic E-state index is 0.0297. The number of rotatable bonds is 4. The van der Waals surface area contributed by atoms with Crippen molar-refractivity contribution in [2.75, 3.05) is 6.67 Å². The molecule has 1 aromatic carbocycles. The predicted molar refractivity (Wildman–Crippen MR) is 108 cm³/mol. The summed E-state index contributed by atoms with van der Waals surface area (Å²) in [7, 11) is 0. The number of benzene rings is 1. The molecular formula is C21H23N3O3S. The summed E-state index contributed by atoms with van der Waals surface area (Å²) in [4.78, 5) is 27.8. The predicted octanol–water partition coefficient (Wildman–Crippen LogP) is 2.47. The van der Waals surface area contributed by atoms with Crippen LogP contribution in [-0.4, -0.2) is 56.6 Å². The standard InChI is InChI=1S/C21H23N3O3S/c1-14(2)23-13-22(24-10-9-17(25)20(26)19(24)21(23)27)12-15-6-3-4-7-16(15)18-8-5-11-28-18/h3-11,14,19-20,26H,12-13H2,1-2H3. The summed E-state index contributed by atoms with van der Waals surface area (Å²) in [5.41, 5.74) is 2.28. The van der Waals surface area contributed by atoms with Crippen molar-refractivity contribution < 1.29 is 14.7 Å². The number of nitrogens with zero attached hydrogens (tertiary/aromatic N) is 3. The third-order valence-electron chi connectivity index (χ3n) is 5.23. The lowest BCUT2D eigenvalue weighted by Gasteiger charge is -2.50. The summed E-state index contributed by atoms with van der Waals surface area (Å²) >= 11 is 1.69. The summed E-state index contributed by atoms with van der Waals surface area (Å²) in [6.45, 7) is 4.85. The van der Waals surface area contributed by atoms with Crippen molar-refractivity contribution >= 4 is 23.0 Å². The van der Waals surface area contributed by atoms with Gasteiger partial charge in [0.05, 0.1) is 6.67 Å². The van der Waals surface area contributed by atoms with Crippen molar-refractivity contribution in [1.82, 2.24) is 14.9 Å². The zero-order valence-electron chi connectivity index (χ0n) is 15.9. The van der Waals surface area contributed by atoms with Crippen LogP contribution >= 0.6 is 11.3 Å². The van der Waals surface area contributed by atoms with Gasteiger partial charge < -0.3 is 10.0 Å². The average Bonchev–Trinajstić information content (AvgIpc) is 3.21. The number of hydrogen-bond donors (Lipinski definition) is 1. The molecule has 1 saturated heterocycles. The fourth-order valence-corrected chi connectivity index (χ4v) is 4.51. The Bertz CT molecular complexity index is 909. The van der Waals surface area contributed by atoms with Crippen LogP contribution in [0.2, 0.25) is 0 Å². The molecule has 2 aliphatic heterocycles. The van der Waals surface area contributed by atoms with Crippen molar-refractivity contribution in [3.8, 4) is 10.4 Å². The van der Waals surface area contributed by atoms with E-state index in [-0.39, 0.29) is 11.9 Å². The fraction of sp³-hybridized carbons (Fsp3) is 0.333. The van der Waals surface area contributed by atoms with Gasteiger partial charge in [-0.15, -0.1) is 11.3 Å². The first-order valence-corrected chi connectivity index (χ1v) is 10.2. The first-order valence-electron chi connectivity index (χ1n) is 9.33. The van der Waals surface area contributed by atoms with Gasteiger partial charge in [0.1, 0.15) is 6.10 Å². The van der Waals surface area contributed by atoms with E-state index in [1.54, 1.807) is 27.4 Å². The van der Waals surface area contributed by atoms with Crippen molar-refractivity contribution in [1.29, 1.82) is 0 Å². The second kappa shape index (κ2) is 7.50. The second-order valence-corrected chi connectivity index (χ2v) is 8.28. The van der Waals surface area contributed by atoms with Crippen molar-refractivity contribution in [2.24, 2.45) is 0 Å². The molecule has 2 aromatic rings. The molecule has 0 bridgehead atoms. The number of aliphatic hydroxyl groups is 1. The summed E-state index contributed by atoms with van der Waals surface area (Å²) in [5.74, 6) is -0.651. The highest BCUT2D eigenvalue weighted by Gasteiger charge is 2.46. The van der Waals surface area contributed by atoms with Gasteiger partial charge in [-0.25, -0.2) is 0 Å². The maximum absolute atomic E-state index is 12.9. The molecule has 146 valence electrons. The first-order chi connectivity index (χ1) is 13.5. The molecule has 6 nitrogen and oxygen atoms in total. The van der Waals surface area contributed by atoms with E-state index in [0.29, 0.717) is 13.2 Å². The Morgan fingerprint density at radius 1 is 1.18 bits per heavy atom. The molecule has 0 saturated carbocycles. The lowest BCUT2D eigenvalue weighted by molar-refractivity contribution is -0.184. The number of carbonyl (C=O) groups excluding carboxylic acids is 2. The molecule has 3 heterocycles. The Hall–Kier alpha value is -2.48. The van der Waals surface area contributed by atoms with Crippen LogP contribution in [0.15, 0.2) is 54.1 Å². The zero-order valence-corrected chi connectivity index (χ0v) is 16.7. The van der Waals surface area contributed by atoms with Crippen LogP contribution in [0.1, 0.15) is 19.4 Å². The van der Waals surface area contributed by atoms with Gasteiger partial charge in [-0.1, -0.05) is 30.3 Å².